The number of aryl methyl sites for hydroxylation is 1. The summed E-state index contributed by atoms with van der Waals surface area (Å²) < 4.78 is 8.46. The zero-order valence-electron chi connectivity index (χ0n) is 14.2. The molecule has 7 nitrogen and oxygen atoms in total. The molecule has 24 heavy (non-hydrogen) atoms. The molecule has 0 aliphatic heterocycles. The Morgan fingerprint density at radius 3 is 2.83 bits per heavy atom. The summed E-state index contributed by atoms with van der Waals surface area (Å²) in [4.78, 5) is 11.9. The topological polar surface area (TPSA) is 88.8 Å². The van der Waals surface area contributed by atoms with Gasteiger partial charge in [-0.15, -0.1) is 0 Å². The van der Waals surface area contributed by atoms with Gasteiger partial charge in [-0.05, 0) is 30.9 Å². The van der Waals surface area contributed by atoms with Crippen LogP contribution < -0.4 is 11.0 Å². The van der Waals surface area contributed by atoms with Gasteiger partial charge in [-0.25, -0.2) is 9.48 Å². The molecule has 2 atom stereocenters. The molecule has 2 aromatic rings. The Hall–Kier alpha value is -2.33. The standard InChI is InChI=1S/C17H23N5O2/c1-21-16(20-22(2)17(21)23)9-12-5-3-4-6-15(12)19-11-14-8-7-13(10-18)24-14/h7-8,12,15,19H,3-6,9,11H2,1-2H3/t12-,15-/m1/s1. The minimum atomic E-state index is -0.0788. The molecule has 3 rings (SSSR count). The van der Waals surface area contributed by atoms with E-state index in [-0.39, 0.29) is 5.69 Å². The molecule has 1 N–H and O–H groups in total. The summed E-state index contributed by atoms with van der Waals surface area (Å²) in [7, 11) is 3.47. The first-order valence-corrected chi connectivity index (χ1v) is 8.39. The Kier molecular flexibility index (Phi) is 4.86. The quantitative estimate of drug-likeness (QED) is 0.897. The van der Waals surface area contributed by atoms with Gasteiger partial charge in [-0.1, -0.05) is 12.8 Å². The molecule has 0 radical (unpaired) electrons. The van der Waals surface area contributed by atoms with E-state index < -0.39 is 0 Å². The van der Waals surface area contributed by atoms with E-state index in [1.165, 1.54) is 17.5 Å². The highest BCUT2D eigenvalue weighted by molar-refractivity contribution is 5.19. The van der Waals surface area contributed by atoms with Crippen molar-refractivity contribution in [3.63, 3.8) is 0 Å². The fraction of sp³-hybridized carbons (Fsp3) is 0.588. The molecule has 1 saturated carbocycles. The molecular weight excluding hydrogens is 306 g/mol. The highest BCUT2D eigenvalue weighted by Gasteiger charge is 2.27. The second kappa shape index (κ2) is 7.05. The molecule has 2 heterocycles. The SMILES string of the molecule is Cn1nc(C[C@H]2CCCC[C@H]2NCc2ccc(C#N)o2)n(C)c1=O. The maximum absolute atomic E-state index is 11.9. The van der Waals surface area contributed by atoms with Crippen LogP contribution in [0.15, 0.2) is 21.3 Å². The van der Waals surface area contributed by atoms with E-state index in [0.717, 1.165) is 30.8 Å². The van der Waals surface area contributed by atoms with Crippen LogP contribution in [-0.2, 0) is 27.1 Å². The maximum atomic E-state index is 11.9. The van der Waals surface area contributed by atoms with Crippen LogP contribution in [0.3, 0.4) is 0 Å². The van der Waals surface area contributed by atoms with E-state index in [0.29, 0.717) is 24.3 Å². The molecule has 7 heteroatoms. The first kappa shape index (κ1) is 16.5. The van der Waals surface area contributed by atoms with Crippen molar-refractivity contribution in [3.8, 4) is 6.07 Å². The summed E-state index contributed by atoms with van der Waals surface area (Å²) in [5, 5.41) is 16.7. The maximum Gasteiger partial charge on any atom is 0.345 e. The first-order chi connectivity index (χ1) is 11.6. The van der Waals surface area contributed by atoms with E-state index in [1.807, 2.05) is 12.1 Å². The molecule has 0 amide bonds. The Bertz CT molecular complexity index is 795. The van der Waals surface area contributed by atoms with Gasteiger partial charge in [0.15, 0.2) is 0 Å². The highest BCUT2D eigenvalue weighted by Crippen LogP contribution is 2.27. The van der Waals surface area contributed by atoms with Crippen molar-refractivity contribution in [3.05, 3.63) is 40.0 Å². The van der Waals surface area contributed by atoms with Crippen LogP contribution in [0.2, 0.25) is 0 Å². The third-order valence-corrected chi connectivity index (χ3v) is 4.88. The predicted molar refractivity (Wildman–Crippen MR) is 88.2 cm³/mol. The van der Waals surface area contributed by atoms with Crippen LogP contribution in [0.1, 0.15) is 43.0 Å². The zero-order chi connectivity index (χ0) is 17.1. The molecule has 128 valence electrons. The van der Waals surface area contributed by atoms with E-state index in [1.54, 1.807) is 24.7 Å². The molecule has 0 saturated heterocycles. The van der Waals surface area contributed by atoms with Gasteiger partial charge in [0.1, 0.15) is 17.7 Å². The third kappa shape index (κ3) is 3.44. The van der Waals surface area contributed by atoms with E-state index in [4.69, 9.17) is 9.68 Å². The number of nitriles is 1. The summed E-state index contributed by atoms with van der Waals surface area (Å²) in [5.74, 6) is 2.41. The van der Waals surface area contributed by atoms with Gasteiger partial charge in [-0.2, -0.15) is 10.4 Å². The average molecular weight is 329 g/mol. The molecule has 0 spiro atoms. The largest absolute Gasteiger partial charge is 0.449 e. The van der Waals surface area contributed by atoms with Crippen molar-refractivity contribution in [1.82, 2.24) is 19.7 Å². The van der Waals surface area contributed by atoms with Crippen LogP contribution >= 0.6 is 0 Å². The molecule has 0 bridgehead atoms. The fourth-order valence-electron chi connectivity index (χ4n) is 3.51. The lowest BCUT2D eigenvalue weighted by Gasteiger charge is -2.32. The van der Waals surface area contributed by atoms with Crippen molar-refractivity contribution in [2.75, 3.05) is 0 Å². The molecular formula is C17H23N5O2. The molecule has 1 aliphatic rings. The molecule has 0 unspecified atom stereocenters. The van der Waals surface area contributed by atoms with Gasteiger partial charge >= 0.3 is 5.69 Å². The molecule has 1 aliphatic carbocycles. The second-order valence-corrected chi connectivity index (χ2v) is 6.50. The summed E-state index contributed by atoms with van der Waals surface area (Å²) in [6, 6.07) is 5.90. The van der Waals surface area contributed by atoms with Crippen LogP contribution in [0.5, 0.6) is 0 Å². The summed E-state index contributed by atoms with van der Waals surface area (Å²) in [5.41, 5.74) is -0.0788. The second-order valence-electron chi connectivity index (χ2n) is 6.50. The molecule has 2 aromatic heterocycles. The number of aromatic nitrogens is 3. The Morgan fingerprint density at radius 2 is 2.17 bits per heavy atom. The van der Waals surface area contributed by atoms with Gasteiger partial charge in [0.05, 0.1) is 6.54 Å². The minimum absolute atomic E-state index is 0.0788. The van der Waals surface area contributed by atoms with Crippen molar-refractivity contribution < 1.29 is 4.42 Å². The zero-order valence-corrected chi connectivity index (χ0v) is 14.2. The van der Waals surface area contributed by atoms with Crippen LogP contribution in [-0.4, -0.2) is 20.4 Å². The number of hydrogen-bond donors (Lipinski definition) is 1. The van der Waals surface area contributed by atoms with Gasteiger partial charge < -0.3 is 9.73 Å². The fourth-order valence-corrected chi connectivity index (χ4v) is 3.51. The van der Waals surface area contributed by atoms with Crippen molar-refractivity contribution in [1.29, 1.82) is 5.26 Å². The summed E-state index contributed by atoms with van der Waals surface area (Å²) in [6.45, 7) is 0.615. The van der Waals surface area contributed by atoms with Gasteiger partial charge in [0.25, 0.3) is 0 Å². The lowest BCUT2D eigenvalue weighted by molar-refractivity contribution is 0.249. The Morgan fingerprint density at radius 1 is 1.38 bits per heavy atom. The average Bonchev–Trinajstić information content (AvgIpc) is 3.15. The summed E-state index contributed by atoms with van der Waals surface area (Å²) in [6.07, 6.45) is 5.45. The lowest BCUT2D eigenvalue weighted by Crippen LogP contribution is -2.39. The number of rotatable bonds is 5. The van der Waals surface area contributed by atoms with E-state index in [9.17, 15) is 4.79 Å². The Balaban J connectivity index is 1.65. The van der Waals surface area contributed by atoms with Crippen molar-refractivity contribution in [2.24, 2.45) is 20.0 Å². The molecule has 0 aromatic carbocycles. The molecule has 1 fully saturated rings. The number of hydrogen-bond acceptors (Lipinski definition) is 5. The van der Waals surface area contributed by atoms with Gasteiger partial charge in [0.2, 0.25) is 5.76 Å². The third-order valence-electron chi connectivity index (χ3n) is 4.88. The van der Waals surface area contributed by atoms with Crippen LogP contribution in [0.4, 0.5) is 0 Å². The van der Waals surface area contributed by atoms with Crippen LogP contribution in [0.25, 0.3) is 0 Å². The van der Waals surface area contributed by atoms with Crippen molar-refractivity contribution in [2.45, 2.75) is 44.7 Å². The Labute approximate surface area is 140 Å². The summed E-state index contributed by atoms with van der Waals surface area (Å²) >= 11 is 0. The van der Waals surface area contributed by atoms with E-state index >= 15 is 0 Å². The number of nitrogens with one attached hydrogen (secondary N) is 1. The lowest BCUT2D eigenvalue weighted by atomic mass is 9.82. The van der Waals surface area contributed by atoms with Gasteiger partial charge in [-0.3, -0.25) is 4.57 Å². The highest BCUT2D eigenvalue weighted by atomic mass is 16.3. The van der Waals surface area contributed by atoms with Gasteiger partial charge in [0, 0.05) is 26.6 Å². The monoisotopic (exact) mass is 329 g/mol. The van der Waals surface area contributed by atoms with E-state index in [2.05, 4.69) is 10.4 Å². The van der Waals surface area contributed by atoms with Crippen molar-refractivity contribution >= 4 is 0 Å². The minimum Gasteiger partial charge on any atom is -0.449 e. The normalized spacial score (nSPS) is 20.9. The van der Waals surface area contributed by atoms with Crippen LogP contribution in [0, 0.1) is 17.2 Å². The number of furan rings is 1. The first-order valence-electron chi connectivity index (χ1n) is 8.39. The number of nitrogens with zero attached hydrogens (tertiary/aromatic N) is 4. The predicted octanol–water partition coefficient (Wildman–Crippen LogP) is 1.47. The smallest absolute Gasteiger partial charge is 0.345 e.